The molecule has 12 heavy (non-hydrogen) atoms. The first-order valence-electron chi connectivity index (χ1n) is 2.61. The minimum atomic E-state index is -0.425. The van der Waals surface area contributed by atoms with E-state index in [1.807, 2.05) is 0 Å². The van der Waals surface area contributed by atoms with Crippen molar-refractivity contribution in [1.82, 2.24) is 0 Å². The molecule has 0 aromatic heterocycles. The summed E-state index contributed by atoms with van der Waals surface area (Å²) in [6, 6.07) is 0. The highest BCUT2D eigenvalue weighted by Gasteiger charge is 1.99. The lowest BCUT2D eigenvalue weighted by Crippen LogP contribution is -1.79. The largest absolute Gasteiger partial charge is 0.290 e. The number of halogens is 2. The van der Waals surface area contributed by atoms with Crippen LogP contribution < -0.4 is 0 Å². The Labute approximate surface area is 96.1 Å². The van der Waals surface area contributed by atoms with Crippen molar-refractivity contribution in [2.45, 2.75) is 0 Å². The Balaban J connectivity index is 3.01. The molecule has 0 N–H and O–H groups in total. The van der Waals surface area contributed by atoms with Crippen LogP contribution in [0.5, 0.6) is 0 Å². The zero-order valence-corrected chi connectivity index (χ0v) is 10.4. The van der Waals surface area contributed by atoms with Gasteiger partial charge in [0.2, 0.25) is 0 Å². The lowest BCUT2D eigenvalue weighted by atomic mass is 11.0. The molecule has 0 radical (unpaired) electrons. The third-order valence-electron chi connectivity index (χ3n) is 0.499. The van der Waals surface area contributed by atoms with Crippen LogP contribution >= 0.6 is 66.4 Å². The van der Waals surface area contributed by atoms with E-state index in [2.05, 4.69) is 0 Å². The fourth-order valence-electron chi connectivity index (χ4n) is 0.244. The second-order valence-electron chi connectivity index (χ2n) is 1.29. The molecule has 0 saturated carbocycles. The minimum Gasteiger partial charge on any atom is -0.267 e. The average Bonchev–Trinajstić information content (AvgIpc) is 1.95. The maximum Gasteiger partial charge on any atom is 0.290 e. The fraction of sp³-hybridized carbons (Fsp3) is 0.500. The second-order valence-corrected chi connectivity index (χ2v) is 7.20. The molecule has 0 bridgehead atoms. The molecule has 0 unspecified atom stereocenters. The summed E-state index contributed by atoms with van der Waals surface area (Å²) < 4.78 is -0.850. The Kier molecular flexibility index (Phi) is 9.88. The van der Waals surface area contributed by atoms with E-state index in [-0.39, 0.29) is 0 Å². The van der Waals surface area contributed by atoms with Crippen LogP contribution in [0.3, 0.4) is 0 Å². The van der Waals surface area contributed by atoms with Gasteiger partial charge in [-0.3, -0.25) is 9.59 Å². The van der Waals surface area contributed by atoms with E-state index in [0.717, 1.165) is 33.1 Å². The summed E-state index contributed by atoms with van der Waals surface area (Å²) >= 11 is 10.1. The van der Waals surface area contributed by atoms with Crippen molar-refractivity contribution in [1.29, 1.82) is 0 Å². The van der Waals surface area contributed by atoms with Crippen LogP contribution in [0.1, 0.15) is 0 Å². The van der Waals surface area contributed by atoms with Crippen molar-refractivity contribution >= 4 is 75.5 Å². The van der Waals surface area contributed by atoms with Crippen LogP contribution in [0.4, 0.5) is 9.59 Å². The van der Waals surface area contributed by atoms with Gasteiger partial charge in [0.1, 0.15) is 0 Å². The molecule has 0 saturated heterocycles. The van der Waals surface area contributed by atoms with Crippen LogP contribution in [0.15, 0.2) is 0 Å². The van der Waals surface area contributed by atoms with Gasteiger partial charge in [0, 0.05) is 11.5 Å². The molecule has 0 aliphatic rings. The first-order chi connectivity index (χ1) is 5.63. The van der Waals surface area contributed by atoms with Crippen molar-refractivity contribution < 1.29 is 9.59 Å². The molecule has 70 valence electrons. The van der Waals surface area contributed by atoms with Crippen molar-refractivity contribution in [3.63, 3.8) is 0 Å². The number of carbonyl (C=O) groups excluding carboxylic acids is 2. The molecular weight excluding hydrogens is 279 g/mol. The van der Waals surface area contributed by atoms with Crippen LogP contribution in [0, 0.1) is 0 Å². The van der Waals surface area contributed by atoms with Gasteiger partial charge in [-0.1, -0.05) is 21.6 Å². The topological polar surface area (TPSA) is 34.1 Å². The lowest BCUT2D eigenvalue weighted by molar-refractivity contribution is 0.275. The third kappa shape index (κ3) is 11.3. The van der Waals surface area contributed by atoms with E-state index >= 15 is 0 Å². The van der Waals surface area contributed by atoms with Crippen molar-refractivity contribution in [2.24, 2.45) is 0 Å². The molecule has 0 aliphatic heterocycles. The standard InChI is InChI=1S/C4H4Cl2O2S4/c5-3(7)11-9-1-2-10-12-4(6)8/h1-2H2. The van der Waals surface area contributed by atoms with E-state index in [9.17, 15) is 9.59 Å². The highest BCUT2D eigenvalue weighted by Crippen LogP contribution is 2.29. The first-order valence-corrected chi connectivity index (χ1v) is 8.00. The van der Waals surface area contributed by atoms with Gasteiger partial charge in [0.15, 0.2) is 0 Å². The average molecular weight is 283 g/mol. The van der Waals surface area contributed by atoms with Gasteiger partial charge in [-0.05, 0) is 44.8 Å². The molecule has 0 spiro atoms. The Bertz CT molecular complexity index is 147. The number of carbonyl (C=O) groups is 2. The monoisotopic (exact) mass is 282 g/mol. The zero-order chi connectivity index (χ0) is 9.40. The SMILES string of the molecule is O=C(Cl)SSCCSSC(=O)Cl. The molecule has 0 atom stereocenters. The molecule has 0 amide bonds. The summed E-state index contributed by atoms with van der Waals surface area (Å²) in [5, 5.41) is 0. The summed E-state index contributed by atoms with van der Waals surface area (Å²) in [6.07, 6.45) is 0. The van der Waals surface area contributed by atoms with Crippen LogP contribution in [0.2, 0.25) is 0 Å². The van der Waals surface area contributed by atoms with Gasteiger partial charge in [-0.2, -0.15) is 0 Å². The second kappa shape index (κ2) is 8.90. The van der Waals surface area contributed by atoms with Gasteiger partial charge in [0.25, 0.3) is 9.15 Å². The predicted octanol–water partition coefficient (Wildman–Crippen LogP) is 4.47. The number of rotatable bonds is 5. The number of hydrogen-bond donors (Lipinski definition) is 0. The lowest BCUT2D eigenvalue weighted by Gasteiger charge is -1.94. The molecule has 2 nitrogen and oxygen atoms in total. The fourth-order valence-corrected chi connectivity index (χ4v) is 4.22. The van der Waals surface area contributed by atoms with Gasteiger partial charge < -0.3 is 0 Å². The van der Waals surface area contributed by atoms with E-state index < -0.39 is 9.15 Å². The summed E-state index contributed by atoms with van der Waals surface area (Å²) in [7, 11) is 4.70. The number of hydrogen-bond acceptors (Lipinski definition) is 6. The van der Waals surface area contributed by atoms with E-state index in [4.69, 9.17) is 23.2 Å². The van der Waals surface area contributed by atoms with Crippen molar-refractivity contribution in [2.75, 3.05) is 11.5 Å². The summed E-state index contributed by atoms with van der Waals surface area (Å²) in [5.41, 5.74) is 0. The van der Waals surface area contributed by atoms with Gasteiger partial charge in [0.05, 0.1) is 0 Å². The first kappa shape index (κ1) is 13.3. The van der Waals surface area contributed by atoms with E-state index in [1.54, 1.807) is 0 Å². The van der Waals surface area contributed by atoms with Gasteiger partial charge in [-0.15, -0.1) is 0 Å². The molecule has 0 aromatic carbocycles. The predicted molar refractivity (Wildman–Crippen MR) is 62.6 cm³/mol. The van der Waals surface area contributed by atoms with Crippen molar-refractivity contribution in [3.8, 4) is 0 Å². The van der Waals surface area contributed by atoms with E-state index in [1.165, 1.54) is 21.6 Å². The van der Waals surface area contributed by atoms with E-state index in [0.29, 0.717) is 0 Å². The molecule has 8 heteroatoms. The Hall–Kier alpha value is 1.32. The molecule has 0 rings (SSSR count). The minimum absolute atomic E-state index is 0.425. The maximum atomic E-state index is 10.2. The molecule has 0 fully saturated rings. The quantitative estimate of drug-likeness (QED) is 0.421. The zero-order valence-electron chi connectivity index (χ0n) is 5.62. The highest BCUT2D eigenvalue weighted by atomic mass is 35.5. The molecular formula is C4H4Cl2O2S4. The Morgan fingerprint density at radius 2 is 1.25 bits per heavy atom. The van der Waals surface area contributed by atoms with Crippen LogP contribution in [-0.2, 0) is 0 Å². The summed E-state index contributed by atoms with van der Waals surface area (Å²) in [6.45, 7) is 0. The van der Waals surface area contributed by atoms with Gasteiger partial charge in [-0.25, -0.2) is 0 Å². The van der Waals surface area contributed by atoms with Crippen LogP contribution in [0.25, 0.3) is 0 Å². The third-order valence-corrected chi connectivity index (χ3v) is 5.62. The van der Waals surface area contributed by atoms with Crippen LogP contribution in [-0.4, -0.2) is 20.7 Å². The van der Waals surface area contributed by atoms with Gasteiger partial charge >= 0.3 is 0 Å². The summed E-state index contributed by atoms with van der Waals surface area (Å²) in [5.74, 6) is 1.51. The smallest absolute Gasteiger partial charge is 0.267 e. The molecule has 0 aliphatic carbocycles. The Morgan fingerprint density at radius 3 is 1.50 bits per heavy atom. The summed E-state index contributed by atoms with van der Waals surface area (Å²) in [4.78, 5) is 20.4. The van der Waals surface area contributed by atoms with Crippen molar-refractivity contribution in [3.05, 3.63) is 0 Å². The highest BCUT2D eigenvalue weighted by molar-refractivity contribution is 8.84. The normalized spacial score (nSPS) is 9.83. The molecule has 0 heterocycles. The Morgan fingerprint density at radius 1 is 0.917 bits per heavy atom. The maximum absolute atomic E-state index is 10.2. The molecule has 0 aromatic rings.